The van der Waals surface area contributed by atoms with Gasteiger partial charge in [-0.05, 0) is 89.8 Å². The third-order valence-electron chi connectivity index (χ3n) is 12.9. The summed E-state index contributed by atoms with van der Waals surface area (Å²) in [5.74, 6) is 1.45. The van der Waals surface area contributed by atoms with Gasteiger partial charge in [0, 0.05) is 32.7 Å². The molecule has 3 heteroatoms. The summed E-state index contributed by atoms with van der Waals surface area (Å²) < 4.78 is 0. The van der Waals surface area contributed by atoms with Gasteiger partial charge in [-0.2, -0.15) is 0 Å². The van der Waals surface area contributed by atoms with Crippen molar-refractivity contribution < 1.29 is 42.6 Å². The predicted octanol–water partition coefficient (Wildman–Crippen LogP) is 7.42. The van der Waals surface area contributed by atoms with Gasteiger partial charge in [0.25, 0.3) is 0 Å². The molecule has 9 atom stereocenters. The molecule has 1 N–H and O–H groups in total. The van der Waals surface area contributed by atoms with Gasteiger partial charge in [-0.25, -0.2) is 0 Å². The Kier molecular flexibility index (Phi) is 6.50. The minimum Gasteiger partial charge on any atom is -0.541 e. The van der Waals surface area contributed by atoms with Crippen LogP contribution in [0.5, 0.6) is 0 Å². The van der Waals surface area contributed by atoms with E-state index in [1.54, 1.807) is 5.57 Å². The first kappa shape index (κ1) is 27.3. The van der Waals surface area contributed by atoms with Crippen LogP contribution in [0.2, 0.25) is 0 Å². The van der Waals surface area contributed by atoms with Crippen LogP contribution in [0.3, 0.4) is 0 Å². The zero-order valence-corrected chi connectivity index (χ0v) is 25.7. The maximum Gasteiger partial charge on any atom is 0.0594 e. The number of allylic oxidation sites excluding steroid dienone is 3. The molecule has 0 aromatic rings. The van der Waals surface area contributed by atoms with Crippen LogP contribution >= 0.6 is 0 Å². The molecule has 0 heterocycles. The minimum atomic E-state index is -0.310. The number of hydrogen-bond acceptors (Lipinski definition) is 2. The Morgan fingerprint density at radius 2 is 1.59 bits per heavy atom. The second-order valence-electron chi connectivity index (χ2n) is 14.9. The van der Waals surface area contributed by atoms with E-state index >= 15 is 0 Å². The molecule has 34 heavy (non-hydrogen) atoms. The molecule has 4 saturated carbocycles. The van der Waals surface area contributed by atoms with Crippen molar-refractivity contribution in [3.8, 4) is 0 Å². The molecule has 0 aromatic carbocycles. The summed E-state index contributed by atoms with van der Waals surface area (Å²) in [5, 5.41) is 10.9. The summed E-state index contributed by atoms with van der Waals surface area (Å²) in [6, 6.07) is 0. The Morgan fingerprint density at radius 3 is 2.24 bits per heavy atom. The normalized spacial score (nSPS) is 53.8. The van der Waals surface area contributed by atoms with Crippen LogP contribution < -0.4 is 0 Å². The molecule has 0 bridgehead atoms. The van der Waals surface area contributed by atoms with E-state index < -0.39 is 0 Å². The standard InChI is InChI=1S/C31H47O2.Y/c1-20-17-21-22-18-27(4,19-32)13-14-28(22,5)15-16-30(21,7)31(8)12-9-23-26(2,3)24(33)10-11-29(23,6)25(20)31;/h17,22-25,33H,1,9-16,18H2,2-8H3;/q-1;/t22?,23?,24?,25-,27+,28?,29?,30-,31?;/m1./s1. The Balaban J connectivity index is 0.00000274. The van der Waals surface area contributed by atoms with E-state index in [4.69, 9.17) is 6.58 Å². The van der Waals surface area contributed by atoms with E-state index in [0.29, 0.717) is 23.2 Å². The minimum absolute atomic E-state index is 0. The van der Waals surface area contributed by atoms with Gasteiger partial charge in [-0.1, -0.05) is 85.1 Å². The van der Waals surface area contributed by atoms with E-state index in [1.165, 1.54) is 31.3 Å². The van der Waals surface area contributed by atoms with Gasteiger partial charge < -0.3 is 9.90 Å². The number of hydrogen-bond donors (Lipinski definition) is 1. The molecule has 5 aliphatic rings. The summed E-state index contributed by atoms with van der Waals surface area (Å²) in [6.07, 6.45) is 14.8. The topological polar surface area (TPSA) is 37.3 Å². The quantitative estimate of drug-likeness (QED) is 0.352. The number of rotatable bonds is 1. The average molecular weight is 541 g/mol. The molecular weight excluding hydrogens is 493 g/mol. The summed E-state index contributed by atoms with van der Waals surface area (Å²) >= 11 is 0. The van der Waals surface area contributed by atoms with E-state index in [-0.39, 0.29) is 65.9 Å². The van der Waals surface area contributed by atoms with Crippen molar-refractivity contribution in [2.75, 3.05) is 0 Å². The SMILES string of the molecule is C=C1C=C2C3C[C@@](C)([C-]=O)CCC3(C)CC[C@@]2(C)C2(C)CCC3C(C)(C)C(O)CCC3(C)[C@@H]12.[Y]. The van der Waals surface area contributed by atoms with Gasteiger partial charge in [0.2, 0.25) is 0 Å². The van der Waals surface area contributed by atoms with Gasteiger partial charge in [0.15, 0.2) is 0 Å². The monoisotopic (exact) mass is 540 g/mol. The third kappa shape index (κ3) is 3.32. The van der Waals surface area contributed by atoms with Crippen LogP contribution in [-0.2, 0) is 37.5 Å². The summed E-state index contributed by atoms with van der Waals surface area (Å²) in [7, 11) is 0. The first-order valence-electron chi connectivity index (χ1n) is 13.7. The zero-order chi connectivity index (χ0) is 24.2. The Hall–Kier alpha value is 0.214. The van der Waals surface area contributed by atoms with Crippen LogP contribution in [0.4, 0.5) is 0 Å². The third-order valence-corrected chi connectivity index (χ3v) is 12.9. The van der Waals surface area contributed by atoms with Crippen LogP contribution in [-0.4, -0.2) is 17.5 Å². The molecule has 0 amide bonds. The van der Waals surface area contributed by atoms with Gasteiger partial charge in [-0.3, -0.25) is 6.29 Å². The second kappa shape index (κ2) is 8.10. The molecule has 2 nitrogen and oxygen atoms in total. The van der Waals surface area contributed by atoms with Crippen molar-refractivity contribution in [2.24, 2.45) is 50.2 Å². The van der Waals surface area contributed by atoms with E-state index in [1.807, 2.05) is 0 Å². The van der Waals surface area contributed by atoms with E-state index in [0.717, 1.165) is 32.1 Å². The molecule has 4 fully saturated rings. The maximum absolute atomic E-state index is 12.0. The first-order valence-corrected chi connectivity index (χ1v) is 13.7. The molecule has 0 spiro atoms. The van der Waals surface area contributed by atoms with Crippen molar-refractivity contribution in [3.63, 3.8) is 0 Å². The maximum atomic E-state index is 12.0. The van der Waals surface area contributed by atoms with Crippen molar-refractivity contribution in [1.29, 1.82) is 0 Å². The van der Waals surface area contributed by atoms with Crippen molar-refractivity contribution in [3.05, 3.63) is 23.8 Å². The number of fused-ring (bicyclic) bond motifs is 7. The molecule has 1 radical (unpaired) electrons. The zero-order valence-electron chi connectivity index (χ0n) is 22.9. The van der Waals surface area contributed by atoms with Gasteiger partial charge in [0.05, 0.1) is 6.10 Å². The second-order valence-corrected chi connectivity index (χ2v) is 14.9. The molecule has 0 saturated heterocycles. The molecule has 0 aliphatic heterocycles. The van der Waals surface area contributed by atoms with E-state index in [9.17, 15) is 9.90 Å². The molecular formula is C31H47O2Y-. The molecule has 0 aromatic heterocycles. The fraction of sp³-hybridized carbons (Fsp3) is 0.839. The molecule has 5 rings (SSSR count). The Labute approximate surface area is 234 Å². The Morgan fingerprint density at radius 1 is 0.941 bits per heavy atom. The van der Waals surface area contributed by atoms with Crippen LogP contribution in [0.15, 0.2) is 23.8 Å². The largest absolute Gasteiger partial charge is 0.541 e. The van der Waals surface area contributed by atoms with Crippen LogP contribution in [0.25, 0.3) is 0 Å². The number of aliphatic hydroxyl groups is 1. The van der Waals surface area contributed by atoms with E-state index in [2.05, 4.69) is 60.8 Å². The van der Waals surface area contributed by atoms with Crippen molar-refractivity contribution in [1.82, 2.24) is 0 Å². The average Bonchev–Trinajstić information content (AvgIpc) is 2.74. The molecule has 187 valence electrons. The van der Waals surface area contributed by atoms with Gasteiger partial charge >= 0.3 is 0 Å². The summed E-state index contributed by atoms with van der Waals surface area (Å²) in [6.45, 7) is 21.7. The predicted molar refractivity (Wildman–Crippen MR) is 135 cm³/mol. The first-order chi connectivity index (χ1) is 15.2. The fourth-order valence-corrected chi connectivity index (χ4v) is 10.5. The van der Waals surface area contributed by atoms with Gasteiger partial charge in [-0.15, -0.1) is 5.41 Å². The smallest absolute Gasteiger partial charge is 0.0594 e. The van der Waals surface area contributed by atoms with Crippen LogP contribution in [0, 0.1) is 50.2 Å². The fourth-order valence-electron chi connectivity index (χ4n) is 10.5. The number of aliphatic hydroxyl groups excluding tert-OH is 1. The van der Waals surface area contributed by atoms with Crippen LogP contribution in [0.1, 0.15) is 106 Å². The summed E-state index contributed by atoms with van der Waals surface area (Å²) in [5.41, 5.74) is 3.38. The van der Waals surface area contributed by atoms with Crippen molar-refractivity contribution >= 4 is 6.29 Å². The van der Waals surface area contributed by atoms with Gasteiger partial charge in [0.1, 0.15) is 0 Å². The molecule has 5 aliphatic carbocycles. The van der Waals surface area contributed by atoms with Crippen molar-refractivity contribution in [2.45, 2.75) is 112 Å². The summed E-state index contributed by atoms with van der Waals surface area (Å²) in [4.78, 5) is 12.0. The Bertz CT molecular complexity index is 920. The number of carbonyl (C=O) groups excluding carboxylic acids is 1. The molecule has 6 unspecified atom stereocenters.